The van der Waals surface area contributed by atoms with Crippen LogP contribution in [-0.4, -0.2) is 21.2 Å². The third-order valence-corrected chi connectivity index (χ3v) is 5.52. The molecule has 4 nitrogen and oxygen atoms in total. The van der Waals surface area contributed by atoms with E-state index in [1.165, 1.54) is 5.69 Å². The SMILES string of the molecule is NC1CCCC(c2[nH]nc(-c3cccc(Cl)c3)c2-c2ccncc2)CC1. The van der Waals surface area contributed by atoms with Gasteiger partial charge in [-0.05, 0) is 55.5 Å². The van der Waals surface area contributed by atoms with Gasteiger partial charge in [-0.1, -0.05) is 30.2 Å². The quantitative estimate of drug-likeness (QED) is 0.628. The van der Waals surface area contributed by atoms with Gasteiger partial charge in [-0.3, -0.25) is 10.1 Å². The number of halogens is 1. The van der Waals surface area contributed by atoms with Crippen LogP contribution in [0, 0.1) is 0 Å². The van der Waals surface area contributed by atoms with Gasteiger partial charge in [0.25, 0.3) is 0 Å². The molecular formula is C21H23ClN4. The minimum absolute atomic E-state index is 0.319. The average molecular weight is 367 g/mol. The number of aromatic nitrogens is 3. The lowest BCUT2D eigenvalue weighted by Gasteiger charge is -2.15. The van der Waals surface area contributed by atoms with Crippen molar-refractivity contribution in [3.63, 3.8) is 0 Å². The van der Waals surface area contributed by atoms with E-state index in [0.29, 0.717) is 17.0 Å². The molecule has 2 atom stereocenters. The summed E-state index contributed by atoms with van der Waals surface area (Å²) < 4.78 is 0. The summed E-state index contributed by atoms with van der Waals surface area (Å²) in [6.07, 6.45) is 9.22. The first-order chi connectivity index (χ1) is 12.7. The number of pyridine rings is 1. The molecule has 3 aromatic rings. The molecule has 1 aliphatic carbocycles. The second-order valence-corrected chi connectivity index (χ2v) is 7.51. The van der Waals surface area contributed by atoms with E-state index in [4.69, 9.17) is 22.4 Å². The third-order valence-electron chi connectivity index (χ3n) is 5.28. The lowest BCUT2D eigenvalue weighted by Crippen LogP contribution is -2.18. The summed E-state index contributed by atoms with van der Waals surface area (Å²) in [5.74, 6) is 0.451. The number of nitrogens with zero attached hydrogens (tertiary/aromatic N) is 2. The molecule has 5 heteroatoms. The van der Waals surface area contributed by atoms with Crippen molar-refractivity contribution in [2.75, 3.05) is 0 Å². The van der Waals surface area contributed by atoms with E-state index in [2.05, 4.69) is 16.1 Å². The van der Waals surface area contributed by atoms with Crippen LogP contribution in [0.25, 0.3) is 22.4 Å². The van der Waals surface area contributed by atoms with E-state index in [-0.39, 0.29) is 0 Å². The van der Waals surface area contributed by atoms with E-state index < -0.39 is 0 Å². The molecule has 1 aromatic carbocycles. The summed E-state index contributed by atoms with van der Waals surface area (Å²) in [7, 11) is 0. The third kappa shape index (κ3) is 3.53. The minimum atomic E-state index is 0.319. The molecule has 1 saturated carbocycles. The zero-order valence-corrected chi connectivity index (χ0v) is 15.4. The van der Waals surface area contributed by atoms with Crippen molar-refractivity contribution >= 4 is 11.6 Å². The van der Waals surface area contributed by atoms with Gasteiger partial charge in [0, 0.05) is 46.2 Å². The molecule has 0 bridgehead atoms. The fourth-order valence-corrected chi connectivity index (χ4v) is 4.12. The maximum atomic E-state index is 6.22. The van der Waals surface area contributed by atoms with Gasteiger partial charge in [-0.2, -0.15) is 5.10 Å². The number of nitrogens with two attached hydrogens (primary N) is 1. The minimum Gasteiger partial charge on any atom is -0.328 e. The second kappa shape index (κ2) is 7.60. The Morgan fingerprint density at radius 1 is 1.00 bits per heavy atom. The predicted molar refractivity (Wildman–Crippen MR) is 106 cm³/mol. The Kier molecular flexibility index (Phi) is 5.05. The molecule has 1 aliphatic rings. The van der Waals surface area contributed by atoms with Crippen LogP contribution >= 0.6 is 11.6 Å². The fraction of sp³-hybridized carbons (Fsp3) is 0.333. The summed E-state index contributed by atoms with van der Waals surface area (Å²) in [5, 5.41) is 8.76. The van der Waals surface area contributed by atoms with Crippen LogP contribution in [0.15, 0.2) is 48.8 Å². The molecule has 26 heavy (non-hydrogen) atoms. The molecule has 4 rings (SSSR count). The molecule has 2 aromatic heterocycles. The number of H-pyrrole nitrogens is 1. The van der Waals surface area contributed by atoms with Crippen LogP contribution in [0.2, 0.25) is 5.02 Å². The van der Waals surface area contributed by atoms with Crippen LogP contribution in [-0.2, 0) is 0 Å². The lowest BCUT2D eigenvalue weighted by molar-refractivity contribution is 0.560. The Hall–Kier alpha value is -2.17. The van der Waals surface area contributed by atoms with E-state index in [0.717, 1.165) is 54.5 Å². The van der Waals surface area contributed by atoms with Gasteiger partial charge < -0.3 is 5.73 Å². The normalized spacial score (nSPS) is 20.7. The van der Waals surface area contributed by atoms with Gasteiger partial charge in [-0.15, -0.1) is 0 Å². The standard InChI is InChI=1S/C21H23ClN4/c22-17-5-1-4-16(13-17)21-19(14-9-11-24-12-10-14)20(25-26-21)15-3-2-6-18(23)8-7-15/h1,4-5,9-13,15,18H,2-3,6-8,23H2,(H,25,26). The number of nitrogens with one attached hydrogen (secondary N) is 1. The highest BCUT2D eigenvalue weighted by Gasteiger charge is 2.25. The maximum absolute atomic E-state index is 6.22. The van der Waals surface area contributed by atoms with Crippen LogP contribution in [0.3, 0.4) is 0 Å². The summed E-state index contributed by atoms with van der Waals surface area (Å²) in [6.45, 7) is 0. The summed E-state index contributed by atoms with van der Waals surface area (Å²) in [4.78, 5) is 4.17. The van der Waals surface area contributed by atoms with Gasteiger partial charge in [0.1, 0.15) is 5.69 Å². The highest BCUT2D eigenvalue weighted by atomic mass is 35.5. The Bertz CT molecular complexity index is 875. The van der Waals surface area contributed by atoms with Crippen molar-refractivity contribution in [2.24, 2.45) is 5.73 Å². The first-order valence-corrected chi connectivity index (χ1v) is 9.60. The molecule has 0 aliphatic heterocycles. The monoisotopic (exact) mass is 366 g/mol. The summed E-state index contributed by atoms with van der Waals surface area (Å²) in [5.41, 5.74) is 11.7. The van der Waals surface area contributed by atoms with Gasteiger partial charge in [-0.25, -0.2) is 0 Å². The van der Waals surface area contributed by atoms with Gasteiger partial charge in [0.15, 0.2) is 0 Å². The van der Waals surface area contributed by atoms with Crippen LogP contribution in [0.5, 0.6) is 0 Å². The molecule has 0 amide bonds. The second-order valence-electron chi connectivity index (χ2n) is 7.07. The Balaban J connectivity index is 1.82. The van der Waals surface area contributed by atoms with Crippen molar-refractivity contribution < 1.29 is 0 Å². The molecule has 3 N–H and O–H groups in total. The van der Waals surface area contributed by atoms with Crippen LogP contribution in [0.4, 0.5) is 0 Å². The molecule has 0 radical (unpaired) electrons. The maximum Gasteiger partial charge on any atom is 0.100 e. The van der Waals surface area contributed by atoms with Crippen LogP contribution in [0.1, 0.15) is 43.7 Å². The molecule has 2 unspecified atom stereocenters. The van der Waals surface area contributed by atoms with Gasteiger partial charge in [0.2, 0.25) is 0 Å². The largest absolute Gasteiger partial charge is 0.328 e. The van der Waals surface area contributed by atoms with E-state index in [9.17, 15) is 0 Å². The molecule has 0 spiro atoms. The smallest absolute Gasteiger partial charge is 0.100 e. The van der Waals surface area contributed by atoms with Crippen molar-refractivity contribution in [3.05, 3.63) is 59.5 Å². The van der Waals surface area contributed by atoms with E-state index in [1.54, 1.807) is 0 Å². The zero-order valence-electron chi connectivity index (χ0n) is 14.7. The lowest BCUT2D eigenvalue weighted by atomic mass is 9.89. The van der Waals surface area contributed by atoms with Crippen molar-refractivity contribution in [1.82, 2.24) is 15.2 Å². The molecule has 134 valence electrons. The molecule has 0 saturated heterocycles. The molecular weight excluding hydrogens is 344 g/mol. The highest BCUT2D eigenvalue weighted by Crippen LogP contribution is 2.41. The summed E-state index contributed by atoms with van der Waals surface area (Å²) in [6, 6.07) is 12.3. The zero-order chi connectivity index (χ0) is 17.9. The van der Waals surface area contributed by atoms with E-state index >= 15 is 0 Å². The molecule has 1 fully saturated rings. The first kappa shape index (κ1) is 17.3. The van der Waals surface area contributed by atoms with Gasteiger partial charge >= 0.3 is 0 Å². The van der Waals surface area contributed by atoms with E-state index in [1.807, 2.05) is 42.7 Å². The number of hydrogen-bond acceptors (Lipinski definition) is 3. The topological polar surface area (TPSA) is 67.6 Å². The molecule has 2 heterocycles. The van der Waals surface area contributed by atoms with Crippen molar-refractivity contribution in [1.29, 1.82) is 0 Å². The first-order valence-electron chi connectivity index (χ1n) is 9.22. The number of aromatic amines is 1. The predicted octanol–water partition coefficient (Wildman–Crippen LogP) is 5.17. The summed E-state index contributed by atoms with van der Waals surface area (Å²) >= 11 is 6.22. The Morgan fingerprint density at radius 3 is 2.65 bits per heavy atom. The number of benzene rings is 1. The van der Waals surface area contributed by atoms with Crippen molar-refractivity contribution in [2.45, 2.75) is 44.1 Å². The van der Waals surface area contributed by atoms with Crippen molar-refractivity contribution in [3.8, 4) is 22.4 Å². The number of rotatable bonds is 3. The fourth-order valence-electron chi connectivity index (χ4n) is 3.93. The Morgan fingerprint density at radius 2 is 1.85 bits per heavy atom. The Labute approximate surface area is 158 Å². The van der Waals surface area contributed by atoms with Gasteiger partial charge in [0.05, 0.1) is 0 Å². The number of hydrogen-bond donors (Lipinski definition) is 2. The average Bonchev–Trinajstić information content (AvgIpc) is 2.99. The highest BCUT2D eigenvalue weighted by molar-refractivity contribution is 6.30. The van der Waals surface area contributed by atoms with Crippen LogP contribution < -0.4 is 5.73 Å².